The summed E-state index contributed by atoms with van der Waals surface area (Å²) in [7, 11) is 1.71. The number of carbonyl (C=O) groups excluding carboxylic acids is 1. The van der Waals surface area contributed by atoms with Crippen LogP contribution in [0, 0.1) is 17.2 Å². The maximum atomic E-state index is 13.1. The van der Waals surface area contributed by atoms with Crippen molar-refractivity contribution in [3.8, 4) is 0 Å². The second-order valence-electron chi connectivity index (χ2n) is 9.95. The largest absolute Gasteiger partial charge is 0.481 e. The summed E-state index contributed by atoms with van der Waals surface area (Å²) in [5.74, 6) is -2.61. The van der Waals surface area contributed by atoms with Gasteiger partial charge in [0.25, 0.3) is 5.56 Å². The lowest BCUT2D eigenvalue weighted by molar-refractivity contribution is -0.149. The molecule has 1 aromatic carbocycles. The molecule has 1 atom stereocenters. The number of amidine groups is 1. The van der Waals surface area contributed by atoms with Gasteiger partial charge in [-0.15, -0.1) is 0 Å². The molecule has 5 N–H and O–H groups in total. The van der Waals surface area contributed by atoms with Crippen molar-refractivity contribution < 1.29 is 14.7 Å². The molecule has 2 saturated carbocycles. The highest BCUT2D eigenvalue weighted by atomic mass is 32.2. The Labute approximate surface area is 212 Å². The molecule has 2 aromatic rings. The van der Waals surface area contributed by atoms with Crippen LogP contribution in [-0.2, 0) is 28.7 Å². The van der Waals surface area contributed by atoms with Gasteiger partial charge in [-0.05, 0) is 61.2 Å². The summed E-state index contributed by atoms with van der Waals surface area (Å²) in [5, 5.41) is 20.4. The zero-order valence-electron chi connectivity index (χ0n) is 20.1. The first kappa shape index (κ1) is 24.5. The molecular formula is C25H30N6O4S. The van der Waals surface area contributed by atoms with Crippen LogP contribution in [0.25, 0.3) is 11.0 Å². The van der Waals surface area contributed by atoms with Crippen LogP contribution in [0.3, 0.4) is 0 Å². The normalized spacial score (nSPS) is 20.3. The fraction of sp³-hybridized carbons (Fsp3) is 0.480. The van der Waals surface area contributed by atoms with Crippen molar-refractivity contribution in [2.45, 2.75) is 50.6 Å². The Balaban J connectivity index is 1.40. The van der Waals surface area contributed by atoms with Gasteiger partial charge in [0, 0.05) is 13.6 Å². The zero-order valence-corrected chi connectivity index (χ0v) is 20.9. The Morgan fingerprint density at radius 2 is 2.06 bits per heavy atom. The summed E-state index contributed by atoms with van der Waals surface area (Å²) >= 11 is 1.33. The number of carbonyl (C=O) groups is 2. The molecule has 0 saturated heterocycles. The van der Waals surface area contributed by atoms with Gasteiger partial charge in [0.2, 0.25) is 5.91 Å². The Morgan fingerprint density at radius 1 is 1.33 bits per heavy atom. The first-order chi connectivity index (χ1) is 17.2. The van der Waals surface area contributed by atoms with Crippen LogP contribution in [-0.4, -0.2) is 43.2 Å². The van der Waals surface area contributed by atoms with Gasteiger partial charge in [-0.2, -0.15) is 0 Å². The lowest BCUT2D eigenvalue weighted by Crippen LogP contribution is -2.44. The molecule has 10 nitrogen and oxygen atoms in total. The molecule has 11 heteroatoms. The zero-order chi connectivity index (χ0) is 25.6. The number of aromatic nitrogens is 2. The van der Waals surface area contributed by atoms with Gasteiger partial charge in [-0.1, -0.05) is 25.0 Å². The SMILES string of the molecule is Cn1c(=O)c(CN2CC=C(C(=N)N)S2)nc2cc(C3(NC(=O)C(C(=O)O)C4CCCC4)CC3)ccc21. The number of aryl methyl sites for hydroxylation is 1. The molecule has 3 aliphatic rings. The van der Waals surface area contributed by atoms with Crippen LogP contribution in [0.1, 0.15) is 49.8 Å². The molecule has 190 valence electrons. The first-order valence-electron chi connectivity index (χ1n) is 12.2. The van der Waals surface area contributed by atoms with Gasteiger partial charge >= 0.3 is 5.97 Å². The third kappa shape index (κ3) is 4.53. The van der Waals surface area contributed by atoms with E-state index in [1.165, 1.54) is 11.9 Å². The summed E-state index contributed by atoms with van der Waals surface area (Å²) in [5.41, 5.74) is 7.35. The highest BCUT2D eigenvalue weighted by Crippen LogP contribution is 2.46. The van der Waals surface area contributed by atoms with E-state index in [1.54, 1.807) is 11.6 Å². The summed E-state index contributed by atoms with van der Waals surface area (Å²) in [4.78, 5) is 43.3. The average molecular weight is 511 g/mol. The van der Waals surface area contributed by atoms with E-state index in [0.717, 1.165) is 44.1 Å². The quantitative estimate of drug-likeness (QED) is 0.182. The first-order valence-corrected chi connectivity index (χ1v) is 13.0. The number of hydrogen-bond acceptors (Lipinski definition) is 7. The lowest BCUT2D eigenvalue weighted by Gasteiger charge is -2.24. The summed E-state index contributed by atoms with van der Waals surface area (Å²) in [6.45, 7) is 0.859. The number of carboxylic acid groups (broad SMARTS) is 1. The minimum Gasteiger partial charge on any atom is -0.481 e. The van der Waals surface area contributed by atoms with E-state index in [-0.39, 0.29) is 17.3 Å². The van der Waals surface area contributed by atoms with Crippen molar-refractivity contribution in [2.75, 3.05) is 6.54 Å². The van der Waals surface area contributed by atoms with Crippen molar-refractivity contribution in [2.24, 2.45) is 24.6 Å². The standard InChI is InChI=1S/C25H30N6O4S/c1-30-18-7-6-15(25(9-10-25)29-22(32)20(24(34)35)14-4-2-3-5-14)12-16(18)28-17(23(30)33)13-31-11-8-19(36-31)21(26)27/h6-8,12,14,20H,2-5,9-11,13H2,1H3,(H3,26,27)(H,29,32)(H,34,35). The van der Waals surface area contributed by atoms with Gasteiger partial charge < -0.3 is 20.7 Å². The topological polar surface area (TPSA) is 154 Å². The predicted octanol–water partition coefficient (Wildman–Crippen LogP) is 2.21. The third-order valence-electron chi connectivity index (χ3n) is 7.53. The van der Waals surface area contributed by atoms with E-state index in [4.69, 9.17) is 11.1 Å². The molecule has 2 heterocycles. The number of fused-ring (bicyclic) bond motifs is 1. The van der Waals surface area contributed by atoms with Crippen LogP contribution >= 0.6 is 11.9 Å². The Bertz CT molecular complexity index is 1340. The Morgan fingerprint density at radius 3 is 2.67 bits per heavy atom. The highest BCUT2D eigenvalue weighted by molar-refractivity contribution is 8.02. The van der Waals surface area contributed by atoms with E-state index in [0.29, 0.717) is 34.7 Å². The number of aliphatic carboxylic acids is 1. The molecule has 36 heavy (non-hydrogen) atoms. The van der Waals surface area contributed by atoms with E-state index >= 15 is 0 Å². The average Bonchev–Trinajstić information content (AvgIpc) is 3.20. The maximum Gasteiger partial charge on any atom is 0.316 e. The number of nitrogens with one attached hydrogen (secondary N) is 2. The van der Waals surface area contributed by atoms with Crippen molar-refractivity contribution in [3.63, 3.8) is 0 Å². The van der Waals surface area contributed by atoms with Gasteiger partial charge in [-0.3, -0.25) is 19.8 Å². The molecule has 2 aliphatic carbocycles. The van der Waals surface area contributed by atoms with Crippen molar-refractivity contribution in [1.29, 1.82) is 5.41 Å². The van der Waals surface area contributed by atoms with Crippen LogP contribution < -0.4 is 16.6 Å². The second-order valence-corrected chi connectivity index (χ2v) is 11.1. The molecule has 1 aromatic heterocycles. The monoisotopic (exact) mass is 510 g/mol. The number of carboxylic acids is 1. The van der Waals surface area contributed by atoms with E-state index in [1.807, 2.05) is 28.6 Å². The van der Waals surface area contributed by atoms with Crippen LogP contribution in [0.5, 0.6) is 0 Å². The molecule has 2 fully saturated rings. The summed E-state index contributed by atoms with van der Waals surface area (Å²) < 4.78 is 3.49. The Kier molecular flexibility index (Phi) is 6.37. The van der Waals surface area contributed by atoms with E-state index in [9.17, 15) is 19.5 Å². The molecule has 0 bridgehead atoms. The maximum absolute atomic E-state index is 13.1. The number of rotatable bonds is 8. The smallest absolute Gasteiger partial charge is 0.316 e. The van der Waals surface area contributed by atoms with Crippen molar-refractivity contribution in [1.82, 2.24) is 19.2 Å². The number of hydrogen-bond donors (Lipinski definition) is 4. The number of nitrogens with zero attached hydrogens (tertiary/aromatic N) is 3. The van der Waals surface area contributed by atoms with E-state index < -0.39 is 23.3 Å². The van der Waals surface area contributed by atoms with Gasteiger partial charge in [0.05, 0.1) is 28.0 Å². The van der Waals surface area contributed by atoms with E-state index in [2.05, 4.69) is 10.3 Å². The fourth-order valence-electron chi connectivity index (χ4n) is 5.36. The third-order valence-corrected chi connectivity index (χ3v) is 8.65. The van der Waals surface area contributed by atoms with Crippen molar-refractivity contribution >= 4 is 40.7 Å². The van der Waals surface area contributed by atoms with Gasteiger partial charge in [0.15, 0.2) is 0 Å². The molecular weight excluding hydrogens is 480 g/mol. The highest BCUT2D eigenvalue weighted by Gasteiger charge is 2.48. The minimum atomic E-state index is -1.06. The fourth-order valence-corrected chi connectivity index (χ4v) is 6.22. The number of benzene rings is 1. The molecule has 0 radical (unpaired) electrons. The minimum absolute atomic E-state index is 0.00126. The lowest BCUT2D eigenvalue weighted by atomic mass is 9.89. The summed E-state index contributed by atoms with van der Waals surface area (Å²) in [6.07, 6.45) is 6.78. The van der Waals surface area contributed by atoms with Gasteiger partial charge in [-0.25, -0.2) is 9.29 Å². The van der Waals surface area contributed by atoms with Gasteiger partial charge in [0.1, 0.15) is 17.4 Å². The molecule has 1 aliphatic heterocycles. The molecule has 1 unspecified atom stereocenters. The van der Waals surface area contributed by atoms with Crippen molar-refractivity contribution in [3.05, 3.63) is 50.8 Å². The van der Waals surface area contributed by atoms with Crippen LogP contribution in [0.4, 0.5) is 0 Å². The Hall–Kier alpha value is -3.18. The van der Waals surface area contributed by atoms with Crippen LogP contribution in [0.15, 0.2) is 34.0 Å². The number of amides is 1. The van der Waals surface area contributed by atoms with Crippen LogP contribution in [0.2, 0.25) is 0 Å². The molecule has 1 amide bonds. The number of nitrogens with two attached hydrogens (primary N) is 1. The predicted molar refractivity (Wildman–Crippen MR) is 137 cm³/mol. The molecule has 0 spiro atoms. The second kappa shape index (κ2) is 9.36. The molecule has 5 rings (SSSR count). The summed E-state index contributed by atoms with van der Waals surface area (Å²) in [6, 6.07) is 5.62.